The number of thiophene rings is 1. The molecule has 0 aromatic carbocycles. The van der Waals surface area contributed by atoms with E-state index in [0.717, 1.165) is 25.9 Å². The molecule has 1 aromatic rings. The predicted octanol–water partition coefficient (Wildman–Crippen LogP) is 2.29. The molecule has 1 nitrogen and oxygen atoms in total. The lowest BCUT2D eigenvalue weighted by atomic mass is 10.3. The van der Waals surface area contributed by atoms with Crippen LogP contribution in [0.1, 0.15) is 18.2 Å². The molecule has 1 heterocycles. The van der Waals surface area contributed by atoms with E-state index in [2.05, 4.69) is 34.7 Å². The van der Waals surface area contributed by atoms with Gasteiger partial charge in [0.25, 0.3) is 0 Å². The summed E-state index contributed by atoms with van der Waals surface area (Å²) in [5.41, 5.74) is 0. The molecular formula is C11H15NS. The first kappa shape index (κ1) is 10.3. The summed E-state index contributed by atoms with van der Waals surface area (Å²) in [5, 5.41) is 5.49. The summed E-state index contributed by atoms with van der Waals surface area (Å²) >= 11 is 1.82. The van der Waals surface area contributed by atoms with Crippen LogP contribution >= 0.6 is 11.3 Å². The monoisotopic (exact) mass is 193 g/mol. The fraction of sp³-hybridized carbons (Fsp3) is 0.455. The van der Waals surface area contributed by atoms with Crippen molar-refractivity contribution in [2.24, 2.45) is 0 Å². The van der Waals surface area contributed by atoms with Gasteiger partial charge in [0.15, 0.2) is 0 Å². The Balaban J connectivity index is 1.98. The highest BCUT2D eigenvalue weighted by Gasteiger charge is 1.91. The van der Waals surface area contributed by atoms with Crippen LogP contribution in [0.15, 0.2) is 17.5 Å². The Bertz CT molecular complexity index is 266. The van der Waals surface area contributed by atoms with Gasteiger partial charge < -0.3 is 5.32 Å². The summed E-state index contributed by atoms with van der Waals surface area (Å²) in [7, 11) is 0. The van der Waals surface area contributed by atoms with Crippen molar-refractivity contribution in [1.82, 2.24) is 5.32 Å². The Morgan fingerprint density at radius 3 is 3.08 bits per heavy atom. The van der Waals surface area contributed by atoms with Crippen molar-refractivity contribution in [2.75, 3.05) is 13.1 Å². The molecule has 70 valence electrons. The van der Waals surface area contributed by atoms with E-state index in [4.69, 9.17) is 0 Å². The van der Waals surface area contributed by atoms with Crippen molar-refractivity contribution in [3.63, 3.8) is 0 Å². The molecule has 0 spiro atoms. The lowest BCUT2D eigenvalue weighted by Crippen LogP contribution is -2.17. The quantitative estimate of drug-likeness (QED) is 0.559. The molecule has 0 aliphatic rings. The first-order valence-corrected chi connectivity index (χ1v) is 5.44. The molecule has 0 aliphatic heterocycles. The van der Waals surface area contributed by atoms with Crippen molar-refractivity contribution in [1.29, 1.82) is 0 Å². The van der Waals surface area contributed by atoms with Gasteiger partial charge >= 0.3 is 0 Å². The molecule has 0 fully saturated rings. The largest absolute Gasteiger partial charge is 0.315 e. The highest BCUT2D eigenvalue weighted by Crippen LogP contribution is 2.07. The summed E-state index contributed by atoms with van der Waals surface area (Å²) in [5.74, 6) is 5.92. The summed E-state index contributed by atoms with van der Waals surface area (Å²) < 4.78 is 0. The van der Waals surface area contributed by atoms with Crippen LogP contribution in [-0.2, 0) is 6.42 Å². The van der Waals surface area contributed by atoms with Crippen LogP contribution in [0.25, 0.3) is 0 Å². The maximum atomic E-state index is 3.36. The van der Waals surface area contributed by atoms with Crippen LogP contribution < -0.4 is 5.32 Å². The zero-order chi connectivity index (χ0) is 9.36. The molecule has 1 rings (SSSR count). The minimum absolute atomic E-state index is 0.959. The van der Waals surface area contributed by atoms with Gasteiger partial charge in [-0.25, -0.2) is 0 Å². The van der Waals surface area contributed by atoms with Crippen molar-refractivity contribution < 1.29 is 0 Å². The standard InChI is InChI=1S/C11H15NS/c1-2-3-4-8-12-9-7-11-6-5-10-13-11/h5-6,10,12H,4,7-9H2,1H3. The second kappa shape index (κ2) is 6.71. The van der Waals surface area contributed by atoms with E-state index >= 15 is 0 Å². The second-order valence-corrected chi connectivity index (χ2v) is 3.79. The smallest absolute Gasteiger partial charge is 0.0214 e. The van der Waals surface area contributed by atoms with Crippen LogP contribution in [0.4, 0.5) is 0 Å². The van der Waals surface area contributed by atoms with E-state index in [1.54, 1.807) is 0 Å². The summed E-state index contributed by atoms with van der Waals surface area (Å²) in [6.07, 6.45) is 2.10. The van der Waals surface area contributed by atoms with Crippen LogP contribution in [0.5, 0.6) is 0 Å². The molecule has 2 heteroatoms. The maximum absolute atomic E-state index is 3.36. The first-order chi connectivity index (χ1) is 6.43. The zero-order valence-electron chi connectivity index (χ0n) is 7.97. The van der Waals surface area contributed by atoms with Gasteiger partial charge in [0.2, 0.25) is 0 Å². The summed E-state index contributed by atoms with van der Waals surface area (Å²) in [6, 6.07) is 4.28. The fourth-order valence-corrected chi connectivity index (χ4v) is 1.78. The van der Waals surface area contributed by atoms with Crippen molar-refractivity contribution in [2.45, 2.75) is 19.8 Å². The third-order valence-electron chi connectivity index (χ3n) is 1.73. The Kier molecular flexibility index (Phi) is 5.31. The highest BCUT2D eigenvalue weighted by atomic mass is 32.1. The van der Waals surface area contributed by atoms with E-state index in [1.165, 1.54) is 4.88 Å². The molecule has 1 N–H and O–H groups in total. The third kappa shape index (κ3) is 4.72. The number of nitrogens with one attached hydrogen (secondary N) is 1. The topological polar surface area (TPSA) is 12.0 Å². The van der Waals surface area contributed by atoms with Gasteiger partial charge in [-0.3, -0.25) is 0 Å². The third-order valence-corrected chi connectivity index (χ3v) is 2.67. The molecule has 0 saturated heterocycles. The number of hydrogen-bond donors (Lipinski definition) is 1. The summed E-state index contributed by atoms with van der Waals surface area (Å²) in [4.78, 5) is 1.45. The Hall–Kier alpha value is -0.780. The van der Waals surface area contributed by atoms with Crippen LogP contribution in [0.3, 0.4) is 0 Å². The molecule has 0 saturated carbocycles. The lowest BCUT2D eigenvalue weighted by molar-refractivity contribution is 0.698. The van der Waals surface area contributed by atoms with E-state index in [-0.39, 0.29) is 0 Å². The molecule has 0 amide bonds. The molecule has 0 aliphatic carbocycles. The van der Waals surface area contributed by atoms with E-state index in [9.17, 15) is 0 Å². The Morgan fingerprint density at radius 1 is 1.46 bits per heavy atom. The number of hydrogen-bond acceptors (Lipinski definition) is 2. The first-order valence-electron chi connectivity index (χ1n) is 4.56. The average molecular weight is 193 g/mol. The molecule has 0 radical (unpaired) electrons. The van der Waals surface area contributed by atoms with Crippen molar-refractivity contribution in [3.8, 4) is 11.8 Å². The molecular weight excluding hydrogens is 178 g/mol. The molecule has 0 bridgehead atoms. The van der Waals surface area contributed by atoms with Gasteiger partial charge in [-0.05, 0) is 31.3 Å². The van der Waals surface area contributed by atoms with Crippen LogP contribution in [0.2, 0.25) is 0 Å². The van der Waals surface area contributed by atoms with Gasteiger partial charge in [-0.2, -0.15) is 0 Å². The highest BCUT2D eigenvalue weighted by molar-refractivity contribution is 7.09. The minimum atomic E-state index is 0.959. The lowest BCUT2D eigenvalue weighted by Gasteiger charge is -1.99. The van der Waals surface area contributed by atoms with Gasteiger partial charge in [-0.15, -0.1) is 23.2 Å². The van der Waals surface area contributed by atoms with Crippen LogP contribution in [-0.4, -0.2) is 13.1 Å². The molecule has 0 atom stereocenters. The van der Waals surface area contributed by atoms with E-state index in [0.29, 0.717) is 0 Å². The Labute approximate surface area is 84.2 Å². The molecule has 0 unspecified atom stereocenters. The maximum Gasteiger partial charge on any atom is 0.0214 e. The van der Waals surface area contributed by atoms with Gasteiger partial charge in [0.05, 0.1) is 0 Å². The molecule has 13 heavy (non-hydrogen) atoms. The van der Waals surface area contributed by atoms with Crippen molar-refractivity contribution in [3.05, 3.63) is 22.4 Å². The zero-order valence-corrected chi connectivity index (χ0v) is 8.79. The van der Waals surface area contributed by atoms with E-state index < -0.39 is 0 Å². The minimum Gasteiger partial charge on any atom is -0.315 e. The summed E-state index contributed by atoms with van der Waals surface area (Å²) in [6.45, 7) is 3.95. The van der Waals surface area contributed by atoms with Gasteiger partial charge in [-0.1, -0.05) is 6.07 Å². The average Bonchev–Trinajstić information content (AvgIpc) is 2.63. The fourth-order valence-electron chi connectivity index (χ4n) is 1.07. The van der Waals surface area contributed by atoms with Gasteiger partial charge in [0.1, 0.15) is 0 Å². The predicted molar refractivity (Wildman–Crippen MR) is 59.0 cm³/mol. The second-order valence-electron chi connectivity index (χ2n) is 2.76. The van der Waals surface area contributed by atoms with Gasteiger partial charge in [0, 0.05) is 17.8 Å². The van der Waals surface area contributed by atoms with Crippen LogP contribution in [0, 0.1) is 11.8 Å². The normalized spacial score (nSPS) is 9.31. The SMILES string of the molecule is CC#CCCNCCc1cccs1. The van der Waals surface area contributed by atoms with E-state index in [1.807, 2.05) is 18.3 Å². The molecule has 1 aromatic heterocycles. The number of rotatable bonds is 5. The Morgan fingerprint density at radius 2 is 2.38 bits per heavy atom. The van der Waals surface area contributed by atoms with Crippen molar-refractivity contribution >= 4 is 11.3 Å².